The number of aromatic nitrogens is 1. The van der Waals surface area contributed by atoms with E-state index in [0.717, 1.165) is 34.1 Å². The molecule has 7 heteroatoms. The van der Waals surface area contributed by atoms with Gasteiger partial charge in [-0.2, -0.15) is 15.1 Å². The van der Waals surface area contributed by atoms with E-state index in [1.54, 1.807) is 6.08 Å². The van der Waals surface area contributed by atoms with Gasteiger partial charge in [0.1, 0.15) is 5.04 Å². The smallest absolute Gasteiger partial charge is 0.283 e. The van der Waals surface area contributed by atoms with Gasteiger partial charge in [-0.3, -0.25) is 10.2 Å². The van der Waals surface area contributed by atoms with E-state index in [1.807, 2.05) is 13.0 Å². The summed E-state index contributed by atoms with van der Waals surface area (Å²) >= 11 is 1.38. The Kier molecular flexibility index (Phi) is 5.95. The average molecular weight is 448 g/mol. The molecular formula is C25H29N5OS. The molecule has 0 saturated carbocycles. The second kappa shape index (κ2) is 8.54. The highest BCUT2D eigenvalue weighted by atomic mass is 32.2. The zero-order valence-electron chi connectivity index (χ0n) is 19.4. The van der Waals surface area contributed by atoms with Crippen molar-refractivity contribution in [2.24, 2.45) is 16.0 Å². The molecular weight excluding hydrogens is 418 g/mol. The SMILES string of the molecule is Cc1cc(C=C2C(=N)N3N=C(CC(C)C)SC3=NC2=O)c(C)n1-c1ccc(C(C)C)cc1. The first-order valence-corrected chi connectivity index (χ1v) is 11.8. The van der Waals surface area contributed by atoms with Crippen LogP contribution in [0.25, 0.3) is 11.8 Å². The van der Waals surface area contributed by atoms with Crippen LogP contribution in [0.2, 0.25) is 0 Å². The van der Waals surface area contributed by atoms with Gasteiger partial charge >= 0.3 is 0 Å². The maximum atomic E-state index is 12.8. The van der Waals surface area contributed by atoms with Crippen LogP contribution in [0.3, 0.4) is 0 Å². The summed E-state index contributed by atoms with van der Waals surface area (Å²) in [4.78, 5) is 17.0. The van der Waals surface area contributed by atoms with Crippen LogP contribution in [0.15, 0.2) is 46.0 Å². The number of hydrogen-bond acceptors (Lipinski definition) is 4. The number of fused-ring (bicyclic) bond motifs is 1. The average Bonchev–Trinajstić information content (AvgIpc) is 3.24. The Morgan fingerprint density at radius 2 is 1.81 bits per heavy atom. The van der Waals surface area contributed by atoms with Gasteiger partial charge in [0, 0.05) is 23.5 Å². The van der Waals surface area contributed by atoms with Gasteiger partial charge in [-0.1, -0.05) is 39.8 Å². The van der Waals surface area contributed by atoms with Crippen LogP contribution in [0.5, 0.6) is 0 Å². The van der Waals surface area contributed by atoms with E-state index < -0.39 is 0 Å². The largest absolute Gasteiger partial charge is 0.318 e. The molecule has 0 atom stereocenters. The lowest BCUT2D eigenvalue weighted by Gasteiger charge is -2.20. The summed E-state index contributed by atoms with van der Waals surface area (Å²) < 4.78 is 2.17. The summed E-state index contributed by atoms with van der Waals surface area (Å²) in [5.41, 5.74) is 5.63. The molecule has 0 radical (unpaired) electrons. The first kappa shape index (κ1) is 22.3. The molecule has 3 heterocycles. The van der Waals surface area contributed by atoms with Crippen LogP contribution in [0, 0.1) is 25.2 Å². The van der Waals surface area contributed by atoms with Crippen LogP contribution in [0.4, 0.5) is 0 Å². The summed E-state index contributed by atoms with van der Waals surface area (Å²) in [5.74, 6) is 0.624. The van der Waals surface area contributed by atoms with Gasteiger partial charge in [0.05, 0.1) is 5.57 Å². The highest BCUT2D eigenvalue weighted by Gasteiger charge is 2.35. The third kappa shape index (κ3) is 4.09. The maximum absolute atomic E-state index is 12.8. The molecule has 4 rings (SSSR count). The maximum Gasteiger partial charge on any atom is 0.283 e. The number of hydrazone groups is 1. The molecule has 0 bridgehead atoms. The molecule has 6 nitrogen and oxygen atoms in total. The van der Waals surface area contributed by atoms with Gasteiger partial charge in [-0.15, -0.1) is 0 Å². The molecule has 1 N–H and O–H groups in total. The van der Waals surface area contributed by atoms with Crippen molar-refractivity contribution in [3.8, 4) is 5.69 Å². The minimum Gasteiger partial charge on any atom is -0.318 e. The van der Waals surface area contributed by atoms with Crippen molar-refractivity contribution in [3.63, 3.8) is 0 Å². The quantitative estimate of drug-likeness (QED) is 0.581. The molecule has 2 aliphatic heterocycles. The fourth-order valence-corrected chi connectivity index (χ4v) is 5.06. The number of amides is 1. The molecule has 1 aromatic carbocycles. The highest BCUT2D eigenvalue weighted by Crippen LogP contribution is 2.31. The second-order valence-electron chi connectivity index (χ2n) is 9.02. The van der Waals surface area contributed by atoms with Gasteiger partial charge in [-0.25, -0.2) is 0 Å². The van der Waals surface area contributed by atoms with Crippen molar-refractivity contribution in [1.29, 1.82) is 5.41 Å². The summed E-state index contributed by atoms with van der Waals surface area (Å²) in [6, 6.07) is 10.6. The Hall–Kier alpha value is -2.93. The standard InChI is InChI=1S/C25H29N5OS/c1-14(2)11-22-28-30-23(26)21(24(31)27-25(30)32-22)13-19-12-16(5)29(17(19)6)20-9-7-18(8-10-20)15(3)4/h7-10,12-15,26H,11H2,1-6H3. The van der Waals surface area contributed by atoms with E-state index in [0.29, 0.717) is 17.0 Å². The van der Waals surface area contributed by atoms with Crippen molar-refractivity contribution in [2.45, 2.75) is 53.9 Å². The van der Waals surface area contributed by atoms with Crippen LogP contribution in [0.1, 0.15) is 62.5 Å². The van der Waals surface area contributed by atoms with Crippen LogP contribution in [-0.4, -0.2) is 31.5 Å². The summed E-state index contributed by atoms with van der Waals surface area (Å²) in [7, 11) is 0. The lowest BCUT2D eigenvalue weighted by molar-refractivity contribution is -0.114. The van der Waals surface area contributed by atoms with Gasteiger partial charge in [0.2, 0.25) is 5.17 Å². The zero-order chi connectivity index (χ0) is 23.2. The number of aryl methyl sites for hydroxylation is 1. The van der Waals surface area contributed by atoms with Gasteiger partial charge < -0.3 is 4.57 Å². The molecule has 2 aliphatic rings. The monoisotopic (exact) mass is 447 g/mol. The molecule has 1 amide bonds. The van der Waals surface area contributed by atoms with Crippen LogP contribution in [-0.2, 0) is 4.79 Å². The van der Waals surface area contributed by atoms with E-state index in [1.165, 1.54) is 22.3 Å². The Bertz CT molecular complexity index is 1180. The normalized spacial score (nSPS) is 17.5. The Balaban J connectivity index is 1.68. The number of carbonyl (C=O) groups excluding carboxylic acids is 1. The molecule has 2 aromatic rings. The molecule has 166 valence electrons. The number of nitrogens with one attached hydrogen (secondary N) is 1. The number of amidine groups is 2. The summed E-state index contributed by atoms with van der Waals surface area (Å²) in [5, 5.41) is 16.0. The molecule has 1 aromatic heterocycles. The summed E-state index contributed by atoms with van der Waals surface area (Å²) in [6.45, 7) is 12.7. The Morgan fingerprint density at radius 1 is 1.12 bits per heavy atom. The highest BCUT2D eigenvalue weighted by molar-refractivity contribution is 8.26. The number of nitrogens with zero attached hydrogens (tertiary/aromatic N) is 4. The number of hydrogen-bond donors (Lipinski definition) is 1. The topological polar surface area (TPSA) is 73.8 Å². The number of aliphatic imine (C=N–C) groups is 1. The van der Waals surface area contributed by atoms with Crippen molar-refractivity contribution >= 4 is 39.8 Å². The van der Waals surface area contributed by atoms with Crippen molar-refractivity contribution in [1.82, 2.24) is 9.58 Å². The fraction of sp³-hybridized carbons (Fsp3) is 0.360. The van der Waals surface area contributed by atoms with Gasteiger partial charge in [0.15, 0.2) is 5.84 Å². The second-order valence-corrected chi connectivity index (χ2v) is 10.1. The van der Waals surface area contributed by atoms with Crippen molar-refractivity contribution < 1.29 is 4.79 Å². The van der Waals surface area contributed by atoms with E-state index in [2.05, 4.69) is 73.5 Å². The van der Waals surface area contributed by atoms with E-state index >= 15 is 0 Å². The molecule has 0 saturated heterocycles. The Labute approximate surface area is 193 Å². The minimum atomic E-state index is -0.388. The van der Waals surface area contributed by atoms with Crippen molar-refractivity contribution in [3.05, 3.63) is 58.4 Å². The third-order valence-electron chi connectivity index (χ3n) is 5.67. The predicted molar refractivity (Wildman–Crippen MR) is 134 cm³/mol. The predicted octanol–water partition coefficient (Wildman–Crippen LogP) is 5.88. The van der Waals surface area contributed by atoms with Gasteiger partial charge in [0.25, 0.3) is 5.91 Å². The zero-order valence-corrected chi connectivity index (χ0v) is 20.2. The fourth-order valence-electron chi connectivity index (χ4n) is 3.96. The number of rotatable bonds is 5. The lowest BCUT2D eigenvalue weighted by Crippen LogP contribution is -2.35. The lowest BCUT2D eigenvalue weighted by atomic mass is 10.0. The van der Waals surface area contributed by atoms with Crippen molar-refractivity contribution in [2.75, 3.05) is 0 Å². The number of benzene rings is 1. The number of thioether (sulfide) groups is 1. The van der Waals surface area contributed by atoms with E-state index in [-0.39, 0.29) is 17.3 Å². The van der Waals surface area contributed by atoms with Crippen LogP contribution >= 0.6 is 11.8 Å². The van der Waals surface area contributed by atoms with E-state index in [4.69, 9.17) is 5.41 Å². The first-order valence-electron chi connectivity index (χ1n) is 10.9. The molecule has 0 spiro atoms. The first-order chi connectivity index (χ1) is 15.2. The third-order valence-corrected chi connectivity index (χ3v) is 6.60. The molecule has 32 heavy (non-hydrogen) atoms. The van der Waals surface area contributed by atoms with Crippen LogP contribution < -0.4 is 0 Å². The van der Waals surface area contributed by atoms with E-state index in [9.17, 15) is 4.79 Å². The Morgan fingerprint density at radius 3 is 2.44 bits per heavy atom. The molecule has 0 unspecified atom stereocenters. The molecule has 0 aliphatic carbocycles. The molecule has 0 fully saturated rings. The van der Waals surface area contributed by atoms with Gasteiger partial charge in [-0.05, 0) is 72.8 Å². The number of carbonyl (C=O) groups is 1. The summed E-state index contributed by atoms with van der Waals surface area (Å²) in [6.07, 6.45) is 2.57. The minimum absolute atomic E-state index is 0.0809.